The smallest absolute Gasteiger partial charge is 0.383 e. The molecule has 3 heterocycles. The number of likely N-dealkylation sites (N-methyl/N-ethyl adjacent to an activating group) is 1. The first-order valence-corrected chi connectivity index (χ1v) is 11.3. The van der Waals surface area contributed by atoms with Crippen molar-refractivity contribution in [2.45, 2.75) is 19.1 Å². The first kappa shape index (κ1) is 24.5. The van der Waals surface area contributed by atoms with E-state index >= 15 is 4.39 Å². The molecule has 0 aliphatic carbocycles. The van der Waals surface area contributed by atoms with Gasteiger partial charge in [0, 0.05) is 36.6 Å². The van der Waals surface area contributed by atoms with Gasteiger partial charge in [0.15, 0.2) is 0 Å². The largest absolute Gasteiger partial charge is 0.416 e. The summed E-state index contributed by atoms with van der Waals surface area (Å²) in [5, 5.41) is 0.484. The number of nitrogen functional groups attached to an aromatic ring is 1. The Morgan fingerprint density at radius 2 is 1.84 bits per heavy atom. The summed E-state index contributed by atoms with van der Waals surface area (Å²) >= 11 is 0. The maximum atomic E-state index is 15.4. The average molecular weight is 516 g/mol. The highest BCUT2D eigenvalue weighted by molar-refractivity contribution is 6.01. The van der Waals surface area contributed by atoms with E-state index in [-0.39, 0.29) is 35.7 Å². The van der Waals surface area contributed by atoms with Gasteiger partial charge in [-0.3, -0.25) is 4.90 Å². The lowest BCUT2D eigenvalue weighted by Crippen LogP contribution is -2.32. The van der Waals surface area contributed by atoms with Crippen molar-refractivity contribution >= 4 is 28.6 Å². The number of aryl methyl sites for hydroxylation is 1. The molecule has 0 radical (unpaired) electrons. The molecule has 2 aromatic heterocycles. The Labute approximate surface area is 207 Å². The number of aromatic nitrogens is 3. The molecule has 0 spiro atoms. The molecule has 0 bridgehead atoms. The fourth-order valence-electron chi connectivity index (χ4n) is 4.79. The summed E-state index contributed by atoms with van der Waals surface area (Å²) < 4.78 is 71.0. The van der Waals surface area contributed by atoms with Crippen molar-refractivity contribution in [3.05, 3.63) is 71.7 Å². The minimum atomic E-state index is -4.74. The minimum Gasteiger partial charge on any atom is -0.383 e. The first-order valence-electron chi connectivity index (χ1n) is 11.3. The number of nitrogens with zero attached hydrogens (tertiary/aromatic N) is 5. The summed E-state index contributed by atoms with van der Waals surface area (Å²) in [6.45, 7) is 1.74. The topological polar surface area (TPSA) is 80.3 Å². The van der Waals surface area contributed by atoms with E-state index < -0.39 is 35.4 Å². The van der Waals surface area contributed by atoms with Crippen LogP contribution in [0.4, 0.5) is 38.3 Å². The molecular formula is C25H21F5N6O. The highest BCUT2D eigenvalue weighted by Gasteiger charge is 2.40. The van der Waals surface area contributed by atoms with Crippen LogP contribution in [0.2, 0.25) is 0 Å². The third-order valence-electron chi connectivity index (χ3n) is 6.52. The lowest BCUT2D eigenvalue weighted by molar-refractivity contribution is -0.137. The summed E-state index contributed by atoms with van der Waals surface area (Å²) in [5.74, 6) is -1.51. The molecule has 1 aliphatic rings. The quantitative estimate of drug-likeness (QED) is 0.363. The molecule has 5 rings (SSSR count). The summed E-state index contributed by atoms with van der Waals surface area (Å²) in [6, 6.07) is 5.06. The van der Waals surface area contributed by atoms with E-state index in [0.717, 1.165) is 12.1 Å². The number of hydrogen-bond donors (Lipinski definition) is 1. The molecule has 0 saturated carbocycles. The highest BCUT2D eigenvalue weighted by Crippen LogP contribution is 2.39. The number of amides is 2. The van der Waals surface area contributed by atoms with Crippen LogP contribution in [-0.2, 0) is 13.2 Å². The molecule has 2 N–H and O–H groups in total. The van der Waals surface area contributed by atoms with E-state index in [1.54, 1.807) is 24.7 Å². The van der Waals surface area contributed by atoms with Crippen LogP contribution in [0.15, 0.2) is 48.9 Å². The van der Waals surface area contributed by atoms with Crippen LogP contribution in [-0.4, -0.2) is 38.6 Å². The van der Waals surface area contributed by atoms with Gasteiger partial charge in [0.2, 0.25) is 0 Å². The molecule has 1 fully saturated rings. The van der Waals surface area contributed by atoms with Crippen LogP contribution in [0.5, 0.6) is 0 Å². The predicted molar refractivity (Wildman–Crippen MR) is 128 cm³/mol. The SMILES string of the molecule is CCN1C(=O)N(c2ccc(-c3cn(C)c4ncnc(N)c34)c(F)c2)CC1c1cc(F)cc(C(F)(F)F)c1. The summed E-state index contributed by atoms with van der Waals surface area (Å²) in [5.41, 5.74) is 6.30. The fraction of sp³-hybridized carbons (Fsp3) is 0.240. The van der Waals surface area contributed by atoms with Gasteiger partial charge in [0.25, 0.3) is 0 Å². The molecule has 1 atom stereocenters. The number of urea groups is 1. The number of nitrogens with two attached hydrogens (primary N) is 1. The van der Waals surface area contributed by atoms with Crippen molar-refractivity contribution in [2.24, 2.45) is 7.05 Å². The van der Waals surface area contributed by atoms with Crippen LogP contribution < -0.4 is 10.6 Å². The molecule has 1 aliphatic heterocycles. The number of fused-ring (bicyclic) bond motifs is 1. The van der Waals surface area contributed by atoms with Gasteiger partial charge < -0.3 is 15.2 Å². The third-order valence-corrected chi connectivity index (χ3v) is 6.52. The lowest BCUT2D eigenvalue weighted by Gasteiger charge is -2.22. The summed E-state index contributed by atoms with van der Waals surface area (Å²) in [6.07, 6.45) is -1.76. The van der Waals surface area contributed by atoms with Crippen LogP contribution in [0.3, 0.4) is 0 Å². The Bertz CT molecular complexity index is 1530. The highest BCUT2D eigenvalue weighted by atomic mass is 19.4. The number of carbonyl (C=O) groups is 1. The van der Waals surface area contributed by atoms with Crippen molar-refractivity contribution in [3.63, 3.8) is 0 Å². The average Bonchev–Trinajstić information content (AvgIpc) is 3.35. The van der Waals surface area contributed by atoms with Gasteiger partial charge in [0.1, 0.15) is 29.4 Å². The zero-order valence-electron chi connectivity index (χ0n) is 19.7. The molecule has 7 nitrogen and oxygen atoms in total. The van der Waals surface area contributed by atoms with Gasteiger partial charge in [-0.1, -0.05) is 0 Å². The van der Waals surface area contributed by atoms with E-state index in [9.17, 15) is 22.4 Å². The van der Waals surface area contributed by atoms with Gasteiger partial charge >= 0.3 is 12.2 Å². The van der Waals surface area contributed by atoms with Crippen LogP contribution >= 0.6 is 0 Å². The maximum absolute atomic E-state index is 15.4. The maximum Gasteiger partial charge on any atom is 0.416 e. The van der Waals surface area contributed by atoms with E-state index in [4.69, 9.17) is 5.73 Å². The summed E-state index contributed by atoms with van der Waals surface area (Å²) in [7, 11) is 1.74. The van der Waals surface area contributed by atoms with Crippen LogP contribution in [0.1, 0.15) is 24.1 Å². The lowest BCUT2D eigenvalue weighted by atomic mass is 10.0. The number of alkyl halides is 3. The number of hydrogen-bond acceptors (Lipinski definition) is 4. The molecule has 4 aromatic rings. The number of rotatable bonds is 4. The minimum absolute atomic E-state index is 0.00773. The molecule has 1 unspecified atom stereocenters. The fourth-order valence-corrected chi connectivity index (χ4v) is 4.79. The zero-order valence-corrected chi connectivity index (χ0v) is 19.7. The standard InChI is InChI=1S/C25H21F5N6O/c1-3-35-20(13-6-14(25(28,29)30)8-15(26)7-13)11-36(24(35)37)16-4-5-17(19(27)9-16)18-10-34(2)23-21(18)22(31)32-12-33-23/h4-10,12,20H,3,11H2,1-2H3,(H2,31,32,33). The molecule has 2 aromatic carbocycles. The second kappa shape index (κ2) is 8.71. The molecule has 12 heteroatoms. The van der Waals surface area contributed by atoms with Gasteiger partial charge in [-0.15, -0.1) is 0 Å². The monoisotopic (exact) mass is 516 g/mol. The Morgan fingerprint density at radius 3 is 2.51 bits per heavy atom. The number of anilines is 2. The van der Waals surface area contributed by atoms with Crippen molar-refractivity contribution < 1.29 is 26.7 Å². The van der Waals surface area contributed by atoms with Crippen LogP contribution in [0.25, 0.3) is 22.2 Å². The third kappa shape index (κ3) is 4.11. The van der Waals surface area contributed by atoms with E-state index in [1.807, 2.05) is 0 Å². The second-order valence-electron chi connectivity index (χ2n) is 8.74. The predicted octanol–water partition coefficient (Wildman–Crippen LogP) is 5.52. The van der Waals surface area contributed by atoms with Crippen molar-refractivity contribution in [1.29, 1.82) is 0 Å². The van der Waals surface area contributed by atoms with E-state index in [1.165, 1.54) is 34.3 Å². The van der Waals surface area contributed by atoms with E-state index in [2.05, 4.69) is 9.97 Å². The Hall–Kier alpha value is -4.22. The zero-order chi connectivity index (χ0) is 26.6. The van der Waals surface area contributed by atoms with Crippen LogP contribution in [0, 0.1) is 11.6 Å². The Balaban J connectivity index is 1.51. The van der Waals surface area contributed by atoms with Gasteiger partial charge in [-0.05, 0) is 48.9 Å². The van der Waals surface area contributed by atoms with Crippen molar-refractivity contribution in [1.82, 2.24) is 19.4 Å². The number of halogens is 5. The molecule has 2 amide bonds. The normalized spacial score (nSPS) is 16.3. The number of carbonyl (C=O) groups excluding carboxylic acids is 1. The van der Waals surface area contributed by atoms with Crippen molar-refractivity contribution in [3.8, 4) is 11.1 Å². The van der Waals surface area contributed by atoms with E-state index in [0.29, 0.717) is 22.7 Å². The molecule has 1 saturated heterocycles. The molecule has 37 heavy (non-hydrogen) atoms. The van der Waals surface area contributed by atoms with Crippen molar-refractivity contribution in [2.75, 3.05) is 23.7 Å². The van der Waals surface area contributed by atoms with Gasteiger partial charge in [-0.25, -0.2) is 23.5 Å². The summed E-state index contributed by atoms with van der Waals surface area (Å²) in [4.78, 5) is 23.9. The first-order chi connectivity index (χ1) is 17.5. The molecular weight excluding hydrogens is 495 g/mol. The number of benzene rings is 2. The second-order valence-corrected chi connectivity index (χ2v) is 8.74. The molecule has 192 valence electrons. The Kier molecular flexibility index (Phi) is 5.76. The van der Waals surface area contributed by atoms with Gasteiger partial charge in [-0.2, -0.15) is 13.2 Å². The Morgan fingerprint density at radius 1 is 1.08 bits per heavy atom. The van der Waals surface area contributed by atoms with Gasteiger partial charge in [0.05, 0.1) is 23.5 Å².